The van der Waals surface area contributed by atoms with Crippen molar-refractivity contribution in [2.75, 3.05) is 34.3 Å². The summed E-state index contributed by atoms with van der Waals surface area (Å²) in [5, 5.41) is 0. The summed E-state index contributed by atoms with van der Waals surface area (Å²) in [5.41, 5.74) is 2.64. The molecular weight excluding hydrogens is 330 g/mol. The van der Waals surface area contributed by atoms with Gasteiger partial charge in [0.2, 0.25) is 5.91 Å². The number of hydrogen-bond donors (Lipinski definition) is 0. The first-order chi connectivity index (χ1) is 12.6. The molecule has 6 heteroatoms. The molecule has 6 nitrogen and oxygen atoms in total. The Labute approximate surface area is 153 Å². The number of benzene rings is 1. The quantitative estimate of drug-likeness (QED) is 0.831. The molecule has 0 saturated carbocycles. The Bertz CT molecular complexity index is 825. The van der Waals surface area contributed by atoms with Gasteiger partial charge in [-0.25, -0.2) is 0 Å². The standard InChI is InChI=1S/C20H23N3O3/c1-14-13-22(20(25)19-6-5-11-26-19)18-12-16(21-9-3-4-10-21)7-8-17(18)23(14)15(2)24/h5-8,11-12,14H,3-4,9-10,13H2,1-2H3/t14-/m0/s1. The summed E-state index contributed by atoms with van der Waals surface area (Å²) in [6, 6.07) is 9.33. The number of fused-ring (bicyclic) bond motifs is 1. The minimum absolute atomic E-state index is 0.0160. The molecule has 0 radical (unpaired) electrons. The van der Waals surface area contributed by atoms with Crippen molar-refractivity contribution in [3.05, 3.63) is 42.4 Å². The second-order valence-electron chi connectivity index (χ2n) is 7.00. The fourth-order valence-electron chi connectivity index (χ4n) is 3.99. The zero-order valence-corrected chi connectivity index (χ0v) is 15.1. The summed E-state index contributed by atoms with van der Waals surface area (Å²) < 4.78 is 5.32. The zero-order valence-electron chi connectivity index (χ0n) is 15.1. The van der Waals surface area contributed by atoms with Gasteiger partial charge in [-0.2, -0.15) is 0 Å². The molecule has 1 aromatic heterocycles. The largest absolute Gasteiger partial charge is 0.459 e. The molecule has 2 aromatic rings. The lowest BCUT2D eigenvalue weighted by Gasteiger charge is -2.41. The summed E-state index contributed by atoms with van der Waals surface area (Å²) >= 11 is 0. The van der Waals surface area contributed by atoms with Crippen LogP contribution in [0.25, 0.3) is 0 Å². The van der Waals surface area contributed by atoms with Crippen LogP contribution < -0.4 is 14.7 Å². The highest BCUT2D eigenvalue weighted by molar-refractivity contribution is 6.09. The Morgan fingerprint density at radius 2 is 1.88 bits per heavy atom. The topological polar surface area (TPSA) is 57.0 Å². The Morgan fingerprint density at radius 3 is 2.54 bits per heavy atom. The van der Waals surface area contributed by atoms with Gasteiger partial charge < -0.3 is 19.1 Å². The van der Waals surface area contributed by atoms with Crippen molar-refractivity contribution in [3.8, 4) is 0 Å². The Hall–Kier alpha value is -2.76. The number of carbonyl (C=O) groups is 2. The molecule has 2 aliphatic heterocycles. The van der Waals surface area contributed by atoms with Gasteiger partial charge in [-0.1, -0.05) is 0 Å². The fourth-order valence-corrected chi connectivity index (χ4v) is 3.99. The van der Waals surface area contributed by atoms with Crippen molar-refractivity contribution < 1.29 is 14.0 Å². The molecule has 0 unspecified atom stereocenters. The summed E-state index contributed by atoms with van der Waals surface area (Å²) in [7, 11) is 0. The number of amides is 2. The van der Waals surface area contributed by atoms with Gasteiger partial charge in [0.25, 0.3) is 5.91 Å². The molecule has 0 aliphatic carbocycles. The Morgan fingerprint density at radius 1 is 1.12 bits per heavy atom. The van der Waals surface area contributed by atoms with Crippen LogP contribution in [0.4, 0.5) is 17.1 Å². The van der Waals surface area contributed by atoms with E-state index in [1.807, 2.05) is 25.1 Å². The van der Waals surface area contributed by atoms with Crippen LogP contribution in [-0.2, 0) is 4.79 Å². The van der Waals surface area contributed by atoms with Crippen molar-refractivity contribution in [1.29, 1.82) is 0 Å². The molecule has 1 saturated heterocycles. The molecular formula is C20H23N3O3. The first-order valence-electron chi connectivity index (χ1n) is 9.10. The smallest absolute Gasteiger partial charge is 0.294 e. The minimum atomic E-state index is -0.176. The molecule has 136 valence electrons. The van der Waals surface area contributed by atoms with E-state index >= 15 is 0 Å². The summed E-state index contributed by atoms with van der Waals surface area (Å²) in [6.07, 6.45) is 3.87. The van der Waals surface area contributed by atoms with E-state index in [9.17, 15) is 9.59 Å². The van der Waals surface area contributed by atoms with Gasteiger partial charge in [-0.05, 0) is 50.1 Å². The number of rotatable bonds is 2. The Kier molecular flexibility index (Phi) is 4.18. The molecule has 0 bridgehead atoms. The van der Waals surface area contributed by atoms with Crippen LogP contribution in [-0.4, -0.2) is 37.5 Å². The van der Waals surface area contributed by atoms with Gasteiger partial charge in [-0.15, -0.1) is 0 Å². The van der Waals surface area contributed by atoms with Gasteiger partial charge in [-0.3, -0.25) is 9.59 Å². The molecule has 2 amide bonds. The third-order valence-electron chi connectivity index (χ3n) is 5.18. The van der Waals surface area contributed by atoms with Crippen LogP contribution in [0.5, 0.6) is 0 Å². The zero-order chi connectivity index (χ0) is 18.3. The van der Waals surface area contributed by atoms with E-state index in [1.165, 1.54) is 19.1 Å². The summed E-state index contributed by atoms with van der Waals surface area (Å²) in [6.45, 7) is 6.02. The molecule has 1 fully saturated rings. The predicted molar refractivity (Wildman–Crippen MR) is 101 cm³/mol. The average molecular weight is 353 g/mol. The first kappa shape index (κ1) is 16.7. The fraction of sp³-hybridized carbons (Fsp3) is 0.400. The van der Waals surface area contributed by atoms with Crippen LogP contribution in [0.2, 0.25) is 0 Å². The molecule has 3 heterocycles. The number of carbonyl (C=O) groups excluding carboxylic acids is 2. The normalized spacial score (nSPS) is 19.6. The van der Waals surface area contributed by atoms with Crippen molar-refractivity contribution in [2.45, 2.75) is 32.7 Å². The summed E-state index contributed by atoms with van der Waals surface area (Å²) in [4.78, 5) is 31.0. The maximum Gasteiger partial charge on any atom is 0.294 e. The maximum absolute atomic E-state index is 13.0. The van der Waals surface area contributed by atoms with Crippen LogP contribution in [0.15, 0.2) is 41.0 Å². The van der Waals surface area contributed by atoms with E-state index in [2.05, 4.69) is 4.90 Å². The van der Waals surface area contributed by atoms with Crippen molar-refractivity contribution in [3.63, 3.8) is 0 Å². The predicted octanol–water partition coefficient (Wildman–Crippen LogP) is 3.28. The van der Waals surface area contributed by atoms with Crippen LogP contribution in [0, 0.1) is 0 Å². The second-order valence-corrected chi connectivity index (χ2v) is 7.00. The van der Waals surface area contributed by atoms with E-state index in [0.717, 1.165) is 30.2 Å². The van der Waals surface area contributed by atoms with E-state index < -0.39 is 0 Å². The van der Waals surface area contributed by atoms with Gasteiger partial charge >= 0.3 is 0 Å². The molecule has 1 atom stereocenters. The SMILES string of the molecule is CC(=O)N1c2ccc(N3CCCC3)cc2N(C(=O)c2ccco2)C[C@@H]1C. The van der Waals surface area contributed by atoms with Crippen LogP contribution in [0.1, 0.15) is 37.2 Å². The lowest BCUT2D eigenvalue weighted by Crippen LogP contribution is -2.51. The molecule has 4 rings (SSSR count). The van der Waals surface area contributed by atoms with Gasteiger partial charge in [0.15, 0.2) is 5.76 Å². The highest BCUT2D eigenvalue weighted by Gasteiger charge is 2.35. The molecule has 0 N–H and O–H groups in total. The lowest BCUT2D eigenvalue weighted by molar-refractivity contribution is -0.117. The molecule has 2 aliphatic rings. The van der Waals surface area contributed by atoms with E-state index in [0.29, 0.717) is 12.3 Å². The number of hydrogen-bond acceptors (Lipinski definition) is 4. The van der Waals surface area contributed by atoms with Gasteiger partial charge in [0, 0.05) is 32.2 Å². The maximum atomic E-state index is 13.0. The number of anilines is 3. The minimum Gasteiger partial charge on any atom is -0.459 e. The van der Waals surface area contributed by atoms with E-state index in [4.69, 9.17) is 4.42 Å². The highest BCUT2D eigenvalue weighted by Crippen LogP contribution is 2.39. The van der Waals surface area contributed by atoms with Gasteiger partial charge in [0.1, 0.15) is 0 Å². The Balaban J connectivity index is 1.79. The first-order valence-corrected chi connectivity index (χ1v) is 9.10. The number of nitrogens with zero attached hydrogens (tertiary/aromatic N) is 3. The van der Waals surface area contributed by atoms with Crippen molar-refractivity contribution >= 4 is 28.9 Å². The van der Waals surface area contributed by atoms with Gasteiger partial charge in [0.05, 0.1) is 23.7 Å². The monoisotopic (exact) mass is 353 g/mol. The van der Waals surface area contributed by atoms with Crippen molar-refractivity contribution in [2.24, 2.45) is 0 Å². The lowest BCUT2D eigenvalue weighted by atomic mass is 10.1. The van der Waals surface area contributed by atoms with E-state index in [1.54, 1.807) is 28.9 Å². The highest BCUT2D eigenvalue weighted by atomic mass is 16.3. The number of furan rings is 1. The third kappa shape index (κ3) is 2.75. The summed E-state index contributed by atoms with van der Waals surface area (Å²) in [5.74, 6) is 0.119. The molecule has 1 aromatic carbocycles. The molecule has 26 heavy (non-hydrogen) atoms. The van der Waals surface area contributed by atoms with Crippen LogP contribution >= 0.6 is 0 Å². The molecule has 0 spiro atoms. The van der Waals surface area contributed by atoms with E-state index in [-0.39, 0.29) is 17.9 Å². The third-order valence-corrected chi connectivity index (χ3v) is 5.18. The van der Waals surface area contributed by atoms with Crippen LogP contribution in [0.3, 0.4) is 0 Å². The second kappa shape index (κ2) is 6.52. The van der Waals surface area contributed by atoms with Crippen molar-refractivity contribution in [1.82, 2.24) is 0 Å². The average Bonchev–Trinajstić information content (AvgIpc) is 3.33.